The molecule has 1 fully saturated rings. The molecule has 0 atom stereocenters. The van der Waals surface area contributed by atoms with Crippen molar-refractivity contribution in [3.05, 3.63) is 79.3 Å². The van der Waals surface area contributed by atoms with Crippen LogP contribution in [0.4, 0.5) is 11.4 Å². The van der Waals surface area contributed by atoms with Gasteiger partial charge in [-0.25, -0.2) is 4.79 Å². The first-order chi connectivity index (χ1) is 16.9. The molecule has 0 saturated carbocycles. The van der Waals surface area contributed by atoms with Crippen molar-refractivity contribution in [1.29, 1.82) is 0 Å². The molecule has 1 aliphatic heterocycles. The number of aryl methyl sites for hydroxylation is 1. The highest BCUT2D eigenvalue weighted by atomic mass is 32.1. The molecule has 1 saturated heterocycles. The zero-order valence-electron chi connectivity index (χ0n) is 18.9. The number of amides is 1. The van der Waals surface area contributed by atoms with E-state index in [9.17, 15) is 19.7 Å². The maximum Gasteiger partial charge on any atom is 0.340 e. The number of nitro benzene ring substituents is 1. The molecule has 0 radical (unpaired) electrons. The molecule has 11 nitrogen and oxygen atoms in total. The van der Waals surface area contributed by atoms with Crippen LogP contribution >= 0.6 is 11.3 Å². The van der Waals surface area contributed by atoms with Gasteiger partial charge in [-0.2, -0.15) is 0 Å². The van der Waals surface area contributed by atoms with Crippen LogP contribution in [-0.2, 0) is 22.6 Å². The quantitative estimate of drug-likeness (QED) is 0.283. The van der Waals surface area contributed by atoms with E-state index in [4.69, 9.17) is 9.47 Å². The monoisotopic (exact) mass is 497 g/mol. The number of nitrogens with one attached hydrogen (secondary N) is 1. The molecule has 3 aromatic rings. The average molecular weight is 498 g/mol. The lowest BCUT2D eigenvalue weighted by Gasteiger charge is -2.30. The van der Waals surface area contributed by atoms with Gasteiger partial charge in [-0.15, -0.1) is 10.2 Å². The van der Waals surface area contributed by atoms with Crippen LogP contribution in [-0.4, -0.2) is 53.3 Å². The molecule has 35 heavy (non-hydrogen) atoms. The number of carbonyl (C=O) groups excluding carboxylic acids is 2. The Morgan fingerprint density at radius 3 is 2.63 bits per heavy atom. The SMILES string of the molecule is Cc1ccc(CNC(=O)c2nnc(COC(=O)c3cc([N+](=O)[O-])ccc3N3CCOCC3)s2)cc1. The lowest BCUT2D eigenvalue weighted by Crippen LogP contribution is -2.37. The van der Waals surface area contributed by atoms with Gasteiger partial charge >= 0.3 is 5.97 Å². The van der Waals surface area contributed by atoms with E-state index in [-0.39, 0.29) is 28.8 Å². The van der Waals surface area contributed by atoms with Gasteiger partial charge in [0.15, 0.2) is 5.01 Å². The Kier molecular flexibility index (Phi) is 7.63. The number of nitro groups is 1. The maximum atomic E-state index is 12.9. The van der Waals surface area contributed by atoms with E-state index in [1.165, 1.54) is 12.1 Å². The number of non-ortho nitro benzene ring substituents is 1. The Labute approximate surface area is 204 Å². The minimum atomic E-state index is -0.726. The number of rotatable bonds is 8. The number of hydrogen-bond acceptors (Lipinski definition) is 10. The van der Waals surface area contributed by atoms with Crippen LogP contribution in [0.3, 0.4) is 0 Å². The van der Waals surface area contributed by atoms with Gasteiger partial charge in [0.05, 0.1) is 29.4 Å². The van der Waals surface area contributed by atoms with Gasteiger partial charge in [0, 0.05) is 31.8 Å². The number of anilines is 1. The van der Waals surface area contributed by atoms with Crippen LogP contribution in [0.15, 0.2) is 42.5 Å². The number of carbonyl (C=O) groups is 2. The zero-order chi connectivity index (χ0) is 24.8. The summed E-state index contributed by atoms with van der Waals surface area (Å²) >= 11 is 1.01. The number of nitrogens with zero attached hydrogens (tertiary/aromatic N) is 4. The Hall–Kier alpha value is -3.90. The van der Waals surface area contributed by atoms with Gasteiger partial charge in [-0.1, -0.05) is 41.2 Å². The summed E-state index contributed by atoms with van der Waals surface area (Å²) in [4.78, 5) is 37.8. The van der Waals surface area contributed by atoms with Crippen molar-refractivity contribution >= 4 is 34.6 Å². The predicted octanol–water partition coefficient (Wildman–Crippen LogP) is 2.88. The van der Waals surface area contributed by atoms with Crippen molar-refractivity contribution in [1.82, 2.24) is 15.5 Å². The summed E-state index contributed by atoms with van der Waals surface area (Å²) in [5.74, 6) is -1.11. The van der Waals surface area contributed by atoms with E-state index in [1.807, 2.05) is 36.1 Å². The molecule has 12 heteroatoms. The number of aromatic nitrogens is 2. The first kappa shape index (κ1) is 24.2. The van der Waals surface area contributed by atoms with Gasteiger partial charge in [-0.3, -0.25) is 14.9 Å². The molecule has 1 N–H and O–H groups in total. The van der Waals surface area contributed by atoms with E-state index < -0.39 is 10.9 Å². The van der Waals surface area contributed by atoms with Crippen LogP contribution < -0.4 is 10.2 Å². The van der Waals surface area contributed by atoms with Crippen molar-refractivity contribution in [2.45, 2.75) is 20.1 Å². The first-order valence-electron chi connectivity index (χ1n) is 10.8. The van der Waals surface area contributed by atoms with Gasteiger partial charge in [0.25, 0.3) is 11.6 Å². The fraction of sp³-hybridized carbons (Fsp3) is 0.304. The fourth-order valence-electron chi connectivity index (χ4n) is 3.45. The zero-order valence-corrected chi connectivity index (χ0v) is 19.7. The minimum Gasteiger partial charge on any atom is -0.455 e. The number of ether oxygens (including phenoxy) is 2. The third kappa shape index (κ3) is 6.16. The second-order valence-corrected chi connectivity index (χ2v) is 8.87. The summed E-state index contributed by atoms with van der Waals surface area (Å²) in [5.41, 5.74) is 2.50. The Morgan fingerprint density at radius 1 is 1.17 bits per heavy atom. The van der Waals surface area contributed by atoms with Crippen molar-refractivity contribution in [2.24, 2.45) is 0 Å². The van der Waals surface area contributed by atoms with E-state index in [0.717, 1.165) is 22.5 Å². The minimum absolute atomic E-state index is 0.0849. The summed E-state index contributed by atoms with van der Waals surface area (Å²) in [6.07, 6.45) is 0. The number of esters is 1. The number of hydrogen-bond donors (Lipinski definition) is 1. The summed E-state index contributed by atoms with van der Waals surface area (Å²) in [6.45, 7) is 4.20. The fourth-order valence-corrected chi connectivity index (χ4v) is 4.12. The average Bonchev–Trinajstić information content (AvgIpc) is 3.36. The molecule has 0 bridgehead atoms. The normalized spacial score (nSPS) is 13.3. The van der Waals surface area contributed by atoms with Gasteiger partial charge in [0.1, 0.15) is 6.61 Å². The second kappa shape index (κ2) is 11.0. The number of morpholine rings is 1. The highest BCUT2D eigenvalue weighted by Gasteiger charge is 2.23. The third-order valence-electron chi connectivity index (χ3n) is 5.32. The molecule has 1 aliphatic rings. The van der Waals surface area contributed by atoms with E-state index in [1.54, 1.807) is 6.07 Å². The van der Waals surface area contributed by atoms with Crippen LogP contribution in [0.5, 0.6) is 0 Å². The molecule has 1 aromatic heterocycles. The molecule has 182 valence electrons. The third-order valence-corrected chi connectivity index (χ3v) is 6.22. The van der Waals surface area contributed by atoms with E-state index >= 15 is 0 Å². The highest BCUT2D eigenvalue weighted by molar-refractivity contribution is 7.13. The molecule has 0 unspecified atom stereocenters. The molecular formula is C23H23N5O6S. The van der Waals surface area contributed by atoms with E-state index in [2.05, 4.69) is 15.5 Å². The summed E-state index contributed by atoms with van der Waals surface area (Å²) < 4.78 is 10.7. The lowest BCUT2D eigenvalue weighted by atomic mass is 10.1. The predicted molar refractivity (Wildman–Crippen MR) is 128 cm³/mol. The lowest BCUT2D eigenvalue weighted by molar-refractivity contribution is -0.384. The van der Waals surface area contributed by atoms with Crippen molar-refractivity contribution in [3.8, 4) is 0 Å². The molecule has 0 aliphatic carbocycles. The molecular weight excluding hydrogens is 474 g/mol. The summed E-state index contributed by atoms with van der Waals surface area (Å²) in [6, 6.07) is 11.9. The number of benzene rings is 2. The Bertz CT molecular complexity index is 1220. The van der Waals surface area contributed by atoms with Gasteiger partial charge < -0.3 is 19.7 Å². The first-order valence-corrected chi connectivity index (χ1v) is 11.7. The van der Waals surface area contributed by atoms with E-state index in [0.29, 0.717) is 43.5 Å². The standard InChI is InChI=1S/C23H23N5O6S/c1-15-2-4-16(5-3-15)13-24-21(29)22-26-25-20(35-22)14-34-23(30)18-12-17(28(31)32)6-7-19(18)27-8-10-33-11-9-27/h2-7,12H,8-11,13-14H2,1H3,(H,24,29). The van der Waals surface area contributed by atoms with Crippen molar-refractivity contribution in [2.75, 3.05) is 31.2 Å². The summed E-state index contributed by atoms with van der Waals surface area (Å²) in [5, 5.41) is 22.3. The van der Waals surface area contributed by atoms with Crippen LogP contribution in [0.1, 0.15) is 36.3 Å². The van der Waals surface area contributed by atoms with Crippen molar-refractivity contribution in [3.63, 3.8) is 0 Å². The molecule has 2 aromatic carbocycles. The topological polar surface area (TPSA) is 137 Å². The van der Waals surface area contributed by atoms with Gasteiger partial charge in [0.2, 0.25) is 5.01 Å². The maximum absolute atomic E-state index is 12.9. The smallest absolute Gasteiger partial charge is 0.340 e. The molecule has 1 amide bonds. The Morgan fingerprint density at radius 2 is 1.91 bits per heavy atom. The molecule has 0 spiro atoms. The van der Waals surface area contributed by atoms with Crippen LogP contribution in [0.25, 0.3) is 0 Å². The second-order valence-electron chi connectivity index (χ2n) is 7.80. The van der Waals surface area contributed by atoms with Crippen LogP contribution in [0, 0.1) is 17.0 Å². The molecule has 2 heterocycles. The molecule has 4 rings (SSSR count). The largest absolute Gasteiger partial charge is 0.455 e. The Balaban J connectivity index is 1.39. The van der Waals surface area contributed by atoms with Crippen LogP contribution in [0.2, 0.25) is 0 Å². The highest BCUT2D eigenvalue weighted by Crippen LogP contribution is 2.27. The van der Waals surface area contributed by atoms with Gasteiger partial charge in [-0.05, 0) is 18.6 Å². The summed E-state index contributed by atoms with van der Waals surface area (Å²) in [7, 11) is 0. The van der Waals surface area contributed by atoms with Crippen molar-refractivity contribution < 1.29 is 24.0 Å².